The highest BCUT2D eigenvalue weighted by Crippen LogP contribution is 2.31. The normalized spacial score (nSPS) is 21.1. The minimum atomic E-state index is -1.39. The molecule has 0 bridgehead atoms. The lowest BCUT2D eigenvalue weighted by Gasteiger charge is -2.24. The van der Waals surface area contributed by atoms with Gasteiger partial charge < -0.3 is 10.2 Å². The zero-order valence-electron chi connectivity index (χ0n) is 15.6. The van der Waals surface area contributed by atoms with E-state index in [1.54, 1.807) is 17.0 Å². The number of nitrogens with one attached hydrogen (secondary N) is 1. The van der Waals surface area contributed by atoms with Crippen molar-refractivity contribution in [2.45, 2.75) is 51.5 Å². The first-order valence-electron chi connectivity index (χ1n) is 9.66. The van der Waals surface area contributed by atoms with Gasteiger partial charge in [-0.1, -0.05) is 31.9 Å². The summed E-state index contributed by atoms with van der Waals surface area (Å²) in [6, 6.07) is 9.35. The number of hydrogen-bond acceptors (Lipinski definition) is 4. The van der Waals surface area contributed by atoms with Crippen molar-refractivity contribution in [3.63, 3.8) is 0 Å². The third-order valence-electron chi connectivity index (χ3n) is 5.63. The molecule has 2 fully saturated rings. The molecule has 1 aromatic rings. The monoisotopic (exact) mass is 367 g/mol. The Morgan fingerprint density at radius 1 is 1.26 bits per heavy atom. The molecule has 0 spiro atoms. The second-order valence-electron chi connectivity index (χ2n) is 7.39. The molecule has 1 aliphatic carbocycles. The van der Waals surface area contributed by atoms with Crippen LogP contribution in [0, 0.1) is 23.2 Å². The van der Waals surface area contributed by atoms with Crippen LogP contribution in [0.2, 0.25) is 0 Å². The van der Waals surface area contributed by atoms with Gasteiger partial charge in [-0.25, -0.2) is 0 Å². The average molecular weight is 367 g/mol. The summed E-state index contributed by atoms with van der Waals surface area (Å²) in [5.41, 5.74) is 1.69. The number of likely N-dealkylation sites (tertiary alicyclic amines) is 1. The van der Waals surface area contributed by atoms with Crippen LogP contribution in [0.3, 0.4) is 0 Å². The van der Waals surface area contributed by atoms with Crippen molar-refractivity contribution in [3.05, 3.63) is 29.8 Å². The highest BCUT2D eigenvalue weighted by atomic mass is 16.2. The Hall–Kier alpha value is -2.68. The Morgan fingerprint density at radius 3 is 2.52 bits per heavy atom. The summed E-state index contributed by atoms with van der Waals surface area (Å²) >= 11 is 0. The minimum Gasteiger partial charge on any atom is -0.339 e. The van der Waals surface area contributed by atoms with Gasteiger partial charge in [0.05, 0.1) is 6.07 Å². The number of carbonyl (C=O) groups excluding carboxylic acids is 3. The van der Waals surface area contributed by atoms with Crippen molar-refractivity contribution < 1.29 is 14.4 Å². The number of rotatable bonds is 6. The highest BCUT2D eigenvalue weighted by molar-refractivity contribution is 6.11. The molecule has 3 rings (SSSR count). The molecule has 1 heterocycles. The van der Waals surface area contributed by atoms with Crippen molar-refractivity contribution in [2.75, 3.05) is 11.9 Å². The van der Waals surface area contributed by atoms with E-state index in [9.17, 15) is 19.6 Å². The predicted octanol–water partition coefficient (Wildman–Crippen LogP) is 2.69. The van der Waals surface area contributed by atoms with Gasteiger partial charge in [-0.05, 0) is 37.0 Å². The van der Waals surface area contributed by atoms with Gasteiger partial charge in [-0.3, -0.25) is 14.4 Å². The van der Waals surface area contributed by atoms with Gasteiger partial charge >= 0.3 is 0 Å². The number of amides is 2. The maximum absolute atomic E-state index is 12.8. The lowest BCUT2D eigenvalue weighted by molar-refractivity contribution is -0.132. The van der Waals surface area contributed by atoms with Crippen LogP contribution in [0.1, 0.15) is 44.6 Å². The molecule has 1 saturated heterocycles. The number of hydrogen-bond donors (Lipinski definition) is 1. The summed E-state index contributed by atoms with van der Waals surface area (Å²) in [5.74, 6) is -3.08. The molecular weight excluding hydrogens is 342 g/mol. The molecule has 0 aromatic heterocycles. The van der Waals surface area contributed by atoms with Crippen LogP contribution >= 0.6 is 0 Å². The van der Waals surface area contributed by atoms with Gasteiger partial charge in [0.2, 0.25) is 11.8 Å². The fraction of sp³-hybridized carbons (Fsp3) is 0.524. The first-order chi connectivity index (χ1) is 13.0. The van der Waals surface area contributed by atoms with Crippen molar-refractivity contribution in [2.24, 2.45) is 11.8 Å². The van der Waals surface area contributed by atoms with Gasteiger partial charge in [-0.15, -0.1) is 0 Å². The van der Waals surface area contributed by atoms with Gasteiger partial charge in [0.25, 0.3) is 0 Å². The Morgan fingerprint density at radius 2 is 1.93 bits per heavy atom. The third kappa shape index (κ3) is 4.19. The van der Waals surface area contributed by atoms with Crippen molar-refractivity contribution >= 4 is 23.3 Å². The molecular formula is C21H25N3O3. The van der Waals surface area contributed by atoms with Gasteiger partial charge in [0.15, 0.2) is 11.7 Å². The SMILES string of the molecule is CCc1ccc(NC(=O)[C@H](C#N)C(=O)[C@H]2CC(=O)N(C3CCCC3)C2)cc1. The van der Waals surface area contributed by atoms with E-state index in [-0.39, 0.29) is 18.4 Å². The zero-order chi connectivity index (χ0) is 19.4. The summed E-state index contributed by atoms with van der Waals surface area (Å²) in [6.07, 6.45) is 5.15. The van der Waals surface area contributed by atoms with Gasteiger partial charge in [-0.2, -0.15) is 5.26 Å². The van der Waals surface area contributed by atoms with E-state index in [0.29, 0.717) is 12.2 Å². The number of nitriles is 1. The second kappa shape index (κ2) is 8.34. The summed E-state index contributed by atoms with van der Waals surface area (Å²) < 4.78 is 0. The molecule has 1 aromatic carbocycles. The lowest BCUT2D eigenvalue weighted by atomic mass is 9.92. The molecule has 6 heteroatoms. The predicted molar refractivity (Wildman–Crippen MR) is 101 cm³/mol. The minimum absolute atomic E-state index is 0.0347. The Kier molecular flexibility index (Phi) is 5.90. The fourth-order valence-corrected chi connectivity index (χ4v) is 4.02. The zero-order valence-corrected chi connectivity index (χ0v) is 15.6. The molecule has 27 heavy (non-hydrogen) atoms. The maximum atomic E-state index is 12.8. The van der Waals surface area contributed by atoms with Gasteiger partial charge in [0.1, 0.15) is 0 Å². The molecule has 6 nitrogen and oxygen atoms in total. The van der Waals surface area contributed by atoms with Crippen LogP contribution in [-0.4, -0.2) is 35.1 Å². The summed E-state index contributed by atoms with van der Waals surface area (Å²) in [7, 11) is 0. The van der Waals surface area contributed by atoms with E-state index < -0.39 is 23.5 Å². The summed E-state index contributed by atoms with van der Waals surface area (Å²) in [4.78, 5) is 39.3. The summed E-state index contributed by atoms with van der Waals surface area (Å²) in [5, 5.41) is 12.0. The molecule has 2 amide bonds. The first-order valence-corrected chi connectivity index (χ1v) is 9.66. The Bertz CT molecular complexity index is 760. The topological polar surface area (TPSA) is 90.3 Å². The van der Waals surface area contributed by atoms with E-state index >= 15 is 0 Å². The molecule has 0 unspecified atom stereocenters. The number of ketones is 1. The second-order valence-corrected chi connectivity index (χ2v) is 7.39. The molecule has 1 saturated carbocycles. The standard InChI is InChI=1S/C21H25N3O3/c1-2-14-7-9-16(10-8-14)23-21(27)18(12-22)20(26)15-11-19(25)24(13-15)17-5-3-4-6-17/h7-10,15,17-18H,2-6,11,13H2,1H3,(H,23,27)/t15-,18+/m0/s1. The van der Waals surface area contributed by atoms with E-state index in [1.807, 2.05) is 25.1 Å². The Labute approximate surface area is 159 Å². The van der Waals surface area contributed by atoms with E-state index in [2.05, 4.69) is 5.32 Å². The number of nitrogens with zero attached hydrogens (tertiary/aromatic N) is 2. The number of benzene rings is 1. The van der Waals surface area contributed by atoms with Crippen LogP contribution in [0.4, 0.5) is 5.69 Å². The fourth-order valence-electron chi connectivity index (χ4n) is 4.02. The van der Waals surface area contributed by atoms with Crippen LogP contribution in [-0.2, 0) is 20.8 Å². The summed E-state index contributed by atoms with van der Waals surface area (Å²) in [6.45, 7) is 2.37. The van der Waals surface area contributed by atoms with Crippen LogP contribution < -0.4 is 5.32 Å². The molecule has 142 valence electrons. The van der Waals surface area contributed by atoms with Crippen LogP contribution in [0.5, 0.6) is 0 Å². The first kappa shape index (κ1) is 19.1. The van der Waals surface area contributed by atoms with Crippen LogP contribution in [0.25, 0.3) is 0 Å². The Balaban J connectivity index is 1.63. The molecule has 2 atom stereocenters. The van der Waals surface area contributed by atoms with Crippen molar-refractivity contribution in [1.29, 1.82) is 5.26 Å². The number of carbonyl (C=O) groups is 3. The van der Waals surface area contributed by atoms with E-state index in [4.69, 9.17) is 0 Å². The van der Waals surface area contributed by atoms with Crippen molar-refractivity contribution in [1.82, 2.24) is 4.90 Å². The highest BCUT2D eigenvalue weighted by Gasteiger charge is 2.42. The smallest absolute Gasteiger partial charge is 0.249 e. The van der Waals surface area contributed by atoms with Crippen molar-refractivity contribution in [3.8, 4) is 6.07 Å². The van der Waals surface area contributed by atoms with E-state index in [1.165, 1.54) is 0 Å². The molecule has 1 aliphatic heterocycles. The third-order valence-corrected chi connectivity index (χ3v) is 5.63. The van der Waals surface area contributed by atoms with Gasteiger partial charge in [0, 0.05) is 30.6 Å². The molecule has 2 aliphatic rings. The average Bonchev–Trinajstić information content (AvgIpc) is 3.32. The quantitative estimate of drug-likeness (QED) is 0.783. The molecule has 0 radical (unpaired) electrons. The number of Topliss-reactive ketones (excluding diaryl/α,β-unsaturated/α-hetero) is 1. The van der Waals surface area contributed by atoms with Crippen LogP contribution in [0.15, 0.2) is 24.3 Å². The maximum Gasteiger partial charge on any atom is 0.249 e. The van der Waals surface area contributed by atoms with E-state index in [0.717, 1.165) is 37.7 Å². The number of anilines is 1. The lowest BCUT2D eigenvalue weighted by Crippen LogP contribution is -2.37. The number of aryl methyl sites for hydroxylation is 1. The largest absolute Gasteiger partial charge is 0.339 e. The molecule has 1 N–H and O–H groups in total.